The second-order valence-electron chi connectivity index (χ2n) is 14.7. The Labute approximate surface area is 259 Å². The summed E-state index contributed by atoms with van der Waals surface area (Å²) in [4.78, 5) is 11.4. The number of esters is 1. The number of methoxy groups -OCH3 is 1. The summed E-state index contributed by atoms with van der Waals surface area (Å²) in [7, 11) is -2.74. The van der Waals surface area contributed by atoms with E-state index < -0.39 is 22.7 Å². The van der Waals surface area contributed by atoms with Crippen LogP contribution < -0.4 is 0 Å². The van der Waals surface area contributed by atoms with Crippen molar-refractivity contribution in [1.29, 1.82) is 0 Å². The molecule has 1 rings (SSSR count). The molecule has 0 aliphatic carbocycles. The fourth-order valence-corrected chi connectivity index (χ4v) is 6.80. The van der Waals surface area contributed by atoms with Gasteiger partial charge in [0.05, 0.1) is 25.4 Å². The van der Waals surface area contributed by atoms with Crippen molar-refractivity contribution in [3.8, 4) is 0 Å². The number of ether oxygens (including phenoxy) is 1. The maximum absolute atomic E-state index is 11.4. The van der Waals surface area contributed by atoms with E-state index in [1.165, 1.54) is 18.7 Å². The Kier molecular flexibility index (Phi) is 14.9. The number of aliphatic hydroxyl groups excluding tert-OH is 1. The van der Waals surface area contributed by atoms with Gasteiger partial charge in [0.1, 0.15) is 0 Å². The molecule has 0 radical (unpaired) electrons. The molecule has 5 atom stereocenters. The second-order valence-corrected chi connectivity index (χ2v) is 24.2. The SMILES string of the molecule is COC(=O)/C=C\C=C\[C@@H](C)[C@H](C[C@@H](O)/C=C\[C@H](C)[C@@H](Cc1ccccc1)O[Si](C)(C)C(C)(C)C)O[Si](C)(C)C(C)(C)C. The highest BCUT2D eigenvalue weighted by Gasteiger charge is 2.41. The third kappa shape index (κ3) is 12.8. The highest BCUT2D eigenvalue weighted by molar-refractivity contribution is 6.74. The number of carbonyl (C=O) groups is 1. The Bertz CT molecular complexity index is 1030. The summed E-state index contributed by atoms with van der Waals surface area (Å²) >= 11 is 0. The van der Waals surface area contributed by atoms with Gasteiger partial charge >= 0.3 is 5.97 Å². The van der Waals surface area contributed by atoms with Crippen LogP contribution in [0.15, 0.2) is 66.8 Å². The number of allylic oxidation sites excluding steroid dienone is 2. The van der Waals surface area contributed by atoms with Crippen molar-refractivity contribution in [3.63, 3.8) is 0 Å². The molecule has 0 saturated carbocycles. The van der Waals surface area contributed by atoms with Gasteiger partial charge in [0.2, 0.25) is 0 Å². The molecular weight excluding hydrogens is 557 g/mol. The number of carbonyl (C=O) groups excluding carboxylic acids is 1. The summed E-state index contributed by atoms with van der Waals surface area (Å²) in [6.07, 6.45) is 11.5. The van der Waals surface area contributed by atoms with Gasteiger partial charge in [-0.05, 0) is 60.1 Å². The first-order valence-electron chi connectivity index (χ1n) is 15.4. The fraction of sp³-hybridized carbons (Fsp3) is 0.629. The van der Waals surface area contributed by atoms with Crippen molar-refractivity contribution in [2.45, 2.75) is 123 Å². The molecule has 238 valence electrons. The molecule has 0 saturated heterocycles. The first-order chi connectivity index (χ1) is 19.2. The number of hydrogen-bond donors (Lipinski definition) is 1. The predicted octanol–water partition coefficient (Wildman–Crippen LogP) is 8.87. The first-order valence-corrected chi connectivity index (χ1v) is 21.2. The van der Waals surface area contributed by atoms with Crippen LogP contribution in [0.3, 0.4) is 0 Å². The Morgan fingerprint density at radius 1 is 0.810 bits per heavy atom. The van der Waals surface area contributed by atoms with E-state index in [-0.39, 0.29) is 40.1 Å². The largest absolute Gasteiger partial charge is 0.466 e. The summed E-state index contributed by atoms with van der Waals surface area (Å²) < 4.78 is 18.4. The van der Waals surface area contributed by atoms with Crippen LogP contribution in [0.25, 0.3) is 0 Å². The van der Waals surface area contributed by atoms with Gasteiger partial charge in [-0.3, -0.25) is 0 Å². The van der Waals surface area contributed by atoms with Crippen LogP contribution in [-0.2, 0) is 24.8 Å². The Hall–Kier alpha value is -1.78. The highest BCUT2D eigenvalue weighted by Crippen LogP contribution is 2.40. The molecule has 0 fully saturated rings. The molecule has 0 aliphatic heterocycles. The first kappa shape index (κ1) is 38.2. The molecule has 0 bridgehead atoms. The molecule has 0 spiro atoms. The van der Waals surface area contributed by atoms with E-state index in [4.69, 9.17) is 8.85 Å². The summed E-state index contributed by atoms with van der Waals surface area (Å²) in [6, 6.07) is 10.5. The standard InChI is InChI=1S/C35H60O5Si2/c1-27(19-17-18-22-33(37)38-9)32(40-42(12,13)35(6,7)8)26-30(36)24-23-28(2)31(25-29-20-15-14-16-21-29)39-41(10,11)34(3,4)5/h14-24,27-28,30-32,36H,25-26H2,1-13H3/b19-17+,22-18-,24-23-/t27-,28+,30+,31-,32+/m1/s1. The molecule has 0 aliphatic rings. The minimum absolute atomic E-state index is 0.0134. The Morgan fingerprint density at radius 3 is 1.81 bits per heavy atom. The van der Waals surface area contributed by atoms with E-state index in [2.05, 4.69) is 117 Å². The van der Waals surface area contributed by atoms with Gasteiger partial charge in [0, 0.05) is 12.5 Å². The maximum Gasteiger partial charge on any atom is 0.330 e. The van der Waals surface area contributed by atoms with Gasteiger partial charge in [-0.15, -0.1) is 0 Å². The quantitative estimate of drug-likeness (QED) is 0.0701. The molecule has 0 unspecified atom stereocenters. The smallest absolute Gasteiger partial charge is 0.330 e. The molecule has 7 heteroatoms. The lowest BCUT2D eigenvalue weighted by Crippen LogP contribution is -2.46. The van der Waals surface area contributed by atoms with Crippen LogP contribution in [0.1, 0.15) is 67.4 Å². The molecule has 0 aromatic heterocycles. The molecule has 1 N–H and O–H groups in total. The number of benzene rings is 1. The van der Waals surface area contributed by atoms with Crippen LogP contribution in [0.5, 0.6) is 0 Å². The molecular formula is C35H60O5Si2. The van der Waals surface area contributed by atoms with Crippen LogP contribution in [0.2, 0.25) is 36.3 Å². The van der Waals surface area contributed by atoms with Crippen LogP contribution in [0, 0.1) is 11.8 Å². The van der Waals surface area contributed by atoms with E-state index in [1.54, 1.807) is 6.08 Å². The summed E-state index contributed by atoms with van der Waals surface area (Å²) in [5, 5.41) is 11.4. The van der Waals surface area contributed by atoms with Gasteiger partial charge in [0.15, 0.2) is 16.6 Å². The van der Waals surface area contributed by atoms with E-state index in [1.807, 2.05) is 24.3 Å². The van der Waals surface area contributed by atoms with Crippen molar-refractivity contribution < 1.29 is 23.5 Å². The van der Waals surface area contributed by atoms with Gasteiger partial charge in [0.25, 0.3) is 0 Å². The molecule has 5 nitrogen and oxygen atoms in total. The lowest BCUT2D eigenvalue weighted by Gasteiger charge is -2.41. The van der Waals surface area contributed by atoms with Gasteiger partial charge in [-0.2, -0.15) is 0 Å². The maximum atomic E-state index is 11.4. The van der Waals surface area contributed by atoms with Crippen LogP contribution in [0.4, 0.5) is 0 Å². The molecule has 0 heterocycles. The Morgan fingerprint density at radius 2 is 1.31 bits per heavy atom. The number of aliphatic hydroxyl groups is 1. The normalized spacial score (nSPS) is 17.5. The minimum Gasteiger partial charge on any atom is -0.466 e. The summed E-state index contributed by atoms with van der Waals surface area (Å²) in [6.45, 7) is 26.9. The van der Waals surface area contributed by atoms with Crippen LogP contribution in [-0.4, -0.2) is 53.1 Å². The molecule has 42 heavy (non-hydrogen) atoms. The highest BCUT2D eigenvalue weighted by atomic mass is 28.4. The third-order valence-corrected chi connectivity index (χ3v) is 18.0. The van der Waals surface area contributed by atoms with E-state index in [0.717, 1.165) is 6.42 Å². The Balaban J connectivity index is 3.16. The zero-order valence-electron chi connectivity index (χ0n) is 28.7. The lowest BCUT2D eigenvalue weighted by atomic mass is 9.95. The van der Waals surface area contributed by atoms with E-state index in [9.17, 15) is 9.90 Å². The van der Waals surface area contributed by atoms with Crippen molar-refractivity contribution in [1.82, 2.24) is 0 Å². The molecule has 0 amide bonds. The predicted molar refractivity (Wildman–Crippen MR) is 183 cm³/mol. The monoisotopic (exact) mass is 616 g/mol. The van der Waals surface area contributed by atoms with Crippen molar-refractivity contribution >= 4 is 22.6 Å². The van der Waals surface area contributed by atoms with Crippen molar-refractivity contribution in [2.24, 2.45) is 11.8 Å². The average molecular weight is 617 g/mol. The number of rotatable bonds is 15. The topological polar surface area (TPSA) is 65.0 Å². The average Bonchev–Trinajstić information content (AvgIpc) is 2.87. The lowest BCUT2D eigenvalue weighted by molar-refractivity contribution is -0.134. The van der Waals surface area contributed by atoms with E-state index >= 15 is 0 Å². The van der Waals surface area contributed by atoms with Crippen LogP contribution >= 0.6 is 0 Å². The van der Waals surface area contributed by atoms with E-state index in [0.29, 0.717) is 6.42 Å². The van der Waals surface area contributed by atoms with Gasteiger partial charge < -0.3 is 18.7 Å². The summed E-state index contributed by atoms with van der Waals surface area (Å²) in [5.74, 6) is -0.233. The van der Waals surface area contributed by atoms with Gasteiger partial charge in [-0.25, -0.2) is 4.79 Å². The minimum atomic E-state index is -2.10. The fourth-order valence-electron chi connectivity index (χ4n) is 3.97. The zero-order valence-corrected chi connectivity index (χ0v) is 30.7. The zero-order chi connectivity index (χ0) is 32.4. The molecule has 1 aromatic rings. The van der Waals surface area contributed by atoms with Gasteiger partial charge in [-0.1, -0.05) is 116 Å². The third-order valence-electron chi connectivity index (χ3n) is 9.03. The van der Waals surface area contributed by atoms with Crippen molar-refractivity contribution in [3.05, 3.63) is 72.4 Å². The molecule has 1 aromatic carbocycles. The second kappa shape index (κ2) is 16.3. The summed E-state index contributed by atoms with van der Waals surface area (Å²) in [5.41, 5.74) is 1.26. The van der Waals surface area contributed by atoms with Crippen molar-refractivity contribution in [2.75, 3.05) is 7.11 Å². The number of hydrogen-bond acceptors (Lipinski definition) is 5.